The van der Waals surface area contributed by atoms with E-state index in [4.69, 9.17) is 0 Å². The molecule has 1 rings (SSSR count). The van der Waals surface area contributed by atoms with Crippen molar-refractivity contribution in [3.05, 3.63) is 20.8 Å². The van der Waals surface area contributed by atoms with Crippen LogP contribution in [0, 0.1) is 0 Å². The first-order valence-electron chi connectivity index (χ1n) is 4.15. The van der Waals surface area contributed by atoms with Crippen LogP contribution < -0.4 is 0 Å². The first-order chi connectivity index (χ1) is 6.68. The Kier molecular flexibility index (Phi) is 3.42. The van der Waals surface area contributed by atoms with Gasteiger partial charge in [-0.25, -0.2) is 8.42 Å². The molecule has 0 aliphatic rings. The number of carbonyl (C=O) groups is 1. The fourth-order valence-electron chi connectivity index (χ4n) is 0.898. The lowest BCUT2D eigenvalue weighted by Gasteiger charge is -2.20. The van der Waals surface area contributed by atoms with Gasteiger partial charge in [-0.2, -0.15) is 0 Å². The molecule has 0 bridgehead atoms. The van der Waals surface area contributed by atoms with Crippen LogP contribution in [0.1, 0.15) is 23.5 Å². The van der Waals surface area contributed by atoms with Gasteiger partial charge < -0.3 is 0 Å². The van der Waals surface area contributed by atoms with Crippen molar-refractivity contribution in [1.82, 2.24) is 0 Å². The first kappa shape index (κ1) is 12.9. The highest BCUT2D eigenvalue weighted by Crippen LogP contribution is 2.29. The normalized spacial score (nSPS) is 12.8. The second-order valence-corrected chi connectivity index (χ2v) is 8.04. The predicted molar refractivity (Wildman–Crippen MR) is 65.3 cm³/mol. The van der Waals surface area contributed by atoms with Crippen LogP contribution in [0.4, 0.5) is 0 Å². The summed E-state index contributed by atoms with van der Waals surface area (Å²) in [5, 5.41) is 1.75. The Morgan fingerprint density at radius 3 is 2.33 bits per heavy atom. The number of halogens is 1. The smallest absolute Gasteiger partial charge is 0.194 e. The molecule has 0 aliphatic heterocycles. The zero-order valence-corrected chi connectivity index (χ0v) is 11.8. The maximum atomic E-state index is 12.0. The first-order valence-corrected chi connectivity index (χ1v) is 7.71. The van der Waals surface area contributed by atoms with E-state index in [9.17, 15) is 13.2 Å². The maximum absolute atomic E-state index is 12.0. The van der Waals surface area contributed by atoms with Crippen molar-refractivity contribution in [3.8, 4) is 0 Å². The summed E-state index contributed by atoms with van der Waals surface area (Å²) < 4.78 is 22.2. The lowest BCUT2D eigenvalue weighted by Crippen LogP contribution is -2.39. The number of Topliss-reactive ketones (excluding diaryl/α,β-unsaturated/α-hetero) is 1. The van der Waals surface area contributed by atoms with E-state index >= 15 is 0 Å². The summed E-state index contributed by atoms with van der Waals surface area (Å²) in [4.78, 5) is 12.4. The van der Waals surface area contributed by atoms with Crippen molar-refractivity contribution in [2.24, 2.45) is 0 Å². The monoisotopic (exact) mass is 310 g/mol. The molecule has 3 nitrogen and oxygen atoms in total. The number of rotatable bonds is 3. The van der Waals surface area contributed by atoms with Crippen LogP contribution in [-0.4, -0.2) is 25.2 Å². The summed E-state index contributed by atoms with van der Waals surface area (Å²) in [5.41, 5.74) is 0. The van der Waals surface area contributed by atoms with E-state index in [1.165, 1.54) is 25.2 Å². The summed E-state index contributed by atoms with van der Waals surface area (Å²) in [6.45, 7) is 2.85. The molecule has 0 amide bonds. The molecular weight excluding hydrogens is 300 g/mol. The van der Waals surface area contributed by atoms with Gasteiger partial charge in [-0.05, 0) is 41.2 Å². The van der Waals surface area contributed by atoms with Gasteiger partial charge in [-0.1, -0.05) is 0 Å². The molecule has 1 heterocycles. The molecule has 15 heavy (non-hydrogen) atoms. The van der Waals surface area contributed by atoms with E-state index in [1.54, 1.807) is 11.4 Å². The number of thiophene rings is 1. The average Bonchev–Trinajstić information content (AvgIpc) is 2.48. The maximum Gasteiger partial charge on any atom is 0.194 e. The van der Waals surface area contributed by atoms with E-state index in [0.717, 1.165) is 6.26 Å². The van der Waals surface area contributed by atoms with Crippen LogP contribution in [0.3, 0.4) is 0 Å². The Morgan fingerprint density at radius 1 is 1.47 bits per heavy atom. The topological polar surface area (TPSA) is 51.2 Å². The third-order valence-corrected chi connectivity index (χ3v) is 6.17. The largest absolute Gasteiger partial charge is 0.291 e. The Morgan fingerprint density at radius 2 is 2.00 bits per heavy atom. The second kappa shape index (κ2) is 3.99. The van der Waals surface area contributed by atoms with Crippen molar-refractivity contribution in [1.29, 1.82) is 0 Å². The van der Waals surface area contributed by atoms with Gasteiger partial charge in [0.15, 0.2) is 15.6 Å². The third kappa shape index (κ3) is 2.32. The van der Waals surface area contributed by atoms with Crippen LogP contribution in [0.15, 0.2) is 15.9 Å². The van der Waals surface area contributed by atoms with Crippen LogP contribution in [0.25, 0.3) is 0 Å². The highest BCUT2D eigenvalue weighted by Gasteiger charge is 2.40. The van der Waals surface area contributed by atoms with Gasteiger partial charge in [-0.15, -0.1) is 11.3 Å². The molecule has 0 radical (unpaired) electrons. The lowest BCUT2D eigenvalue weighted by molar-refractivity contribution is 0.0957. The number of hydrogen-bond donors (Lipinski definition) is 0. The van der Waals surface area contributed by atoms with Crippen LogP contribution in [0.5, 0.6) is 0 Å². The number of sulfone groups is 1. The van der Waals surface area contributed by atoms with Gasteiger partial charge in [0.2, 0.25) is 0 Å². The molecular formula is C9H11BrO3S2. The summed E-state index contributed by atoms with van der Waals surface area (Å²) in [6.07, 6.45) is 1.08. The molecule has 0 fully saturated rings. The van der Waals surface area contributed by atoms with Crippen molar-refractivity contribution >= 4 is 42.9 Å². The summed E-state index contributed by atoms with van der Waals surface area (Å²) >= 11 is 4.46. The Bertz CT molecular complexity index is 485. The van der Waals surface area contributed by atoms with Gasteiger partial charge in [0.25, 0.3) is 0 Å². The van der Waals surface area contributed by atoms with E-state index in [2.05, 4.69) is 15.9 Å². The standard InChI is InChI=1S/C9H11BrO3S2/c1-9(2,15(3,12)13)8(11)7-6(10)4-5-14-7/h4-5H,1-3H3. The summed E-state index contributed by atoms with van der Waals surface area (Å²) in [6, 6.07) is 1.73. The molecule has 1 aromatic heterocycles. The fraction of sp³-hybridized carbons (Fsp3) is 0.444. The van der Waals surface area contributed by atoms with Crippen molar-refractivity contribution in [2.75, 3.05) is 6.26 Å². The minimum absolute atomic E-state index is 0.369. The Balaban J connectivity index is 3.23. The van der Waals surface area contributed by atoms with Crippen LogP contribution in [-0.2, 0) is 9.84 Å². The third-order valence-electron chi connectivity index (χ3n) is 2.30. The zero-order chi connectivity index (χ0) is 11.9. The highest BCUT2D eigenvalue weighted by molar-refractivity contribution is 9.10. The van der Waals surface area contributed by atoms with Gasteiger partial charge in [0.1, 0.15) is 4.75 Å². The fourth-order valence-corrected chi connectivity index (χ4v) is 3.05. The summed E-state index contributed by atoms with van der Waals surface area (Å²) in [5.74, 6) is -0.369. The summed E-state index contributed by atoms with van der Waals surface area (Å²) in [7, 11) is -3.41. The highest BCUT2D eigenvalue weighted by atomic mass is 79.9. The van der Waals surface area contributed by atoms with Crippen LogP contribution in [0.2, 0.25) is 0 Å². The molecule has 0 saturated carbocycles. The molecule has 6 heteroatoms. The second-order valence-electron chi connectivity index (χ2n) is 3.71. The van der Waals surface area contributed by atoms with Crippen molar-refractivity contribution in [3.63, 3.8) is 0 Å². The Labute approximate surface area is 102 Å². The molecule has 0 saturated heterocycles. The van der Waals surface area contributed by atoms with Gasteiger partial charge in [-0.3, -0.25) is 4.79 Å². The molecule has 0 spiro atoms. The number of ketones is 1. The van der Waals surface area contributed by atoms with E-state index in [1.807, 2.05) is 0 Å². The molecule has 0 aromatic carbocycles. The molecule has 84 valence electrons. The van der Waals surface area contributed by atoms with Crippen molar-refractivity contribution in [2.45, 2.75) is 18.6 Å². The number of carbonyl (C=O) groups excluding carboxylic acids is 1. The molecule has 0 aliphatic carbocycles. The Hall–Kier alpha value is -0.200. The average molecular weight is 311 g/mol. The lowest BCUT2D eigenvalue weighted by atomic mass is 10.1. The minimum atomic E-state index is -3.41. The van der Waals surface area contributed by atoms with Gasteiger partial charge in [0, 0.05) is 10.7 Å². The predicted octanol–water partition coefficient (Wildman–Crippen LogP) is 2.52. The number of hydrogen-bond acceptors (Lipinski definition) is 4. The molecule has 0 atom stereocenters. The van der Waals surface area contributed by atoms with Gasteiger partial charge in [0.05, 0.1) is 4.88 Å². The van der Waals surface area contributed by atoms with E-state index < -0.39 is 14.6 Å². The SMILES string of the molecule is CC(C)(C(=O)c1sccc1Br)S(C)(=O)=O. The quantitative estimate of drug-likeness (QED) is 0.806. The van der Waals surface area contributed by atoms with Gasteiger partial charge >= 0.3 is 0 Å². The zero-order valence-electron chi connectivity index (χ0n) is 8.57. The minimum Gasteiger partial charge on any atom is -0.291 e. The van der Waals surface area contributed by atoms with E-state index in [-0.39, 0.29) is 5.78 Å². The molecule has 0 unspecified atom stereocenters. The van der Waals surface area contributed by atoms with Crippen LogP contribution >= 0.6 is 27.3 Å². The van der Waals surface area contributed by atoms with Crippen molar-refractivity contribution < 1.29 is 13.2 Å². The molecule has 1 aromatic rings. The molecule has 0 N–H and O–H groups in total. The van der Waals surface area contributed by atoms with E-state index in [0.29, 0.717) is 9.35 Å².